The molecular weight excluding hydrogens is 701 g/mol. The van der Waals surface area contributed by atoms with Crippen molar-refractivity contribution >= 4 is 80.9 Å². The Hall–Kier alpha value is -7.21. The van der Waals surface area contributed by atoms with Crippen molar-refractivity contribution in [1.82, 2.24) is 15.0 Å². The van der Waals surface area contributed by atoms with Crippen LogP contribution in [0.1, 0.15) is 6.85 Å². The van der Waals surface area contributed by atoms with E-state index in [-0.39, 0.29) is 23.5 Å². The Kier molecular flexibility index (Phi) is 5.76. The summed E-state index contributed by atoms with van der Waals surface area (Å²) in [5.41, 5.74) is 6.86. The highest BCUT2D eigenvalue weighted by Gasteiger charge is 2.29. The zero-order valence-electron chi connectivity index (χ0n) is 34.6. The lowest BCUT2D eigenvalue weighted by Crippen LogP contribution is -2.16. The monoisotopic (exact) mass is 735 g/mol. The third-order valence-electron chi connectivity index (χ3n) is 10.9. The van der Waals surface area contributed by atoms with E-state index in [9.17, 15) is 0 Å². The number of benzene rings is 9. The Morgan fingerprint density at radius 1 is 0.429 bits per heavy atom. The molecule has 56 heavy (non-hydrogen) atoms. The smallest absolute Gasteiger partial charge is 0.164 e. The Labute approximate surface area is 333 Å². The number of hydrogen-bond donors (Lipinski definition) is 0. The number of hydrogen-bond acceptors (Lipinski definition) is 5. The highest BCUT2D eigenvalue weighted by molar-refractivity contribution is 7.25. The molecule has 0 N–H and O–H groups in total. The van der Waals surface area contributed by atoms with Crippen molar-refractivity contribution in [3.63, 3.8) is 0 Å². The molecule has 0 unspecified atom stereocenters. The molecule has 1 aliphatic heterocycles. The summed E-state index contributed by atoms with van der Waals surface area (Å²) in [4.78, 5) is 17.4. The second-order valence-corrected chi connectivity index (χ2v) is 15.1. The summed E-state index contributed by atoms with van der Waals surface area (Å²) in [6, 6.07) is 50.5. The highest BCUT2D eigenvalue weighted by atomic mass is 32.1. The van der Waals surface area contributed by atoms with Gasteiger partial charge in [0.25, 0.3) is 0 Å². The molecule has 4 nitrogen and oxygen atoms in total. The number of rotatable bonds is 4. The van der Waals surface area contributed by atoms with Crippen LogP contribution in [0.5, 0.6) is 0 Å². The Bertz CT molecular complexity index is 3660. The zero-order valence-corrected chi connectivity index (χ0v) is 30.4. The van der Waals surface area contributed by atoms with Gasteiger partial charge in [0.2, 0.25) is 0 Å². The van der Waals surface area contributed by atoms with Gasteiger partial charge in [0.1, 0.15) is 0 Å². The van der Waals surface area contributed by atoms with Crippen LogP contribution < -0.4 is 4.90 Å². The van der Waals surface area contributed by atoms with E-state index in [0.717, 1.165) is 70.6 Å². The molecule has 0 saturated heterocycles. The van der Waals surface area contributed by atoms with Gasteiger partial charge < -0.3 is 4.90 Å². The fourth-order valence-electron chi connectivity index (χ4n) is 8.45. The molecule has 0 amide bonds. The molecule has 9 aromatic carbocycles. The molecule has 0 saturated carbocycles. The maximum atomic E-state index is 8.91. The maximum Gasteiger partial charge on any atom is 0.164 e. The molecule has 0 atom stereocenters. The molecule has 0 bridgehead atoms. The fourth-order valence-corrected chi connectivity index (χ4v) is 9.54. The molecule has 0 radical (unpaired) electrons. The molecule has 11 aromatic rings. The molecule has 5 heteroatoms. The molecular formula is C51H30N4S. The minimum Gasteiger partial charge on any atom is -0.308 e. The van der Waals surface area contributed by atoms with E-state index in [1.165, 1.54) is 15.6 Å². The van der Waals surface area contributed by atoms with Gasteiger partial charge in [0.05, 0.1) is 23.9 Å². The minimum absolute atomic E-state index is 0.000133. The molecule has 2 aromatic heterocycles. The molecule has 260 valence electrons. The molecule has 1 aliphatic rings. The molecule has 0 fully saturated rings. The van der Waals surface area contributed by atoms with Crippen molar-refractivity contribution in [2.75, 3.05) is 4.90 Å². The molecule has 12 rings (SSSR count). The largest absolute Gasteiger partial charge is 0.308 e. The van der Waals surface area contributed by atoms with E-state index in [1.807, 2.05) is 36.4 Å². The molecule has 0 spiro atoms. The van der Waals surface area contributed by atoms with Crippen molar-refractivity contribution < 1.29 is 6.85 Å². The number of aromatic nitrogens is 3. The number of thiophene rings is 1. The van der Waals surface area contributed by atoms with E-state index < -0.39 is 18.1 Å². The number of anilines is 3. The van der Waals surface area contributed by atoms with Gasteiger partial charge >= 0.3 is 0 Å². The predicted octanol–water partition coefficient (Wildman–Crippen LogP) is 14.2. The van der Waals surface area contributed by atoms with Crippen LogP contribution in [-0.4, -0.2) is 15.0 Å². The van der Waals surface area contributed by atoms with Crippen LogP contribution in [0.4, 0.5) is 17.1 Å². The summed E-state index contributed by atoms with van der Waals surface area (Å²) in [6.45, 7) is 0. The lowest BCUT2D eigenvalue weighted by Gasteiger charge is -2.35. The Morgan fingerprint density at radius 2 is 1.11 bits per heavy atom. The quantitative estimate of drug-likeness (QED) is 0.180. The Balaban J connectivity index is 1.12. The van der Waals surface area contributed by atoms with Gasteiger partial charge in [0.15, 0.2) is 17.5 Å². The summed E-state index contributed by atoms with van der Waals surface area (Å²) < 4.78 is 45.4. The highest BCUT2D eigenvalue weighted by Crippen LogP contribution is 2.54. The van der Waals surface area contributed by atoms with Gasteiger partial charge in [-0.1, -0.05) is 139 Å². The summed E-state index contributed by atoms with van der Waals surface area (Å²) in [6.07, 6.45) is 0. The molecule has 3 heterocycles. The fraction of sp³-hybridized carbons (Fsp3) is 0. The van der Waals surface area contributed by atoms with Crippen LogP contribution >= 0.6 is 11.3 Å². The predicted molar refractivity (Wildman–Crippen MR) is 235 cm³/mol. The lowest BCUT2D eigenvalue weighted by atomic mass is 9.88. The van der Waals surface area contributed by atoms with Crippen molar-refractivity contribution in [2.24, 2.45) is 0 Å². The second-order valence-electron chi connectivity index (χ2n) is 14.0. The second kappa shape index (κ2) is 12.2. The summed E-state index contributed by atoms with van der Waals surface area (Å²) in [5.74, 6) is 0.652. The standard InChI is InChI=1S/C51H30N4S/c1-2-13-33(14-3-1)49-52-50(34-25-29-46-42(30-34)38-20-8-9-23-45(38)56-46)54-51(53-49)41-27-28-43(37-19-7-6-18-36(37)41)55-44-22-11-16-32-15-10-21-39(47(32)44)40-26-24-31-12-4-5-17-35(31)48(40)55/h1-30H/i1D,2D,3D,13D,14D. The molecule has 0 aliphatic carbocycles. The zero-order chi connectivity index (χ0) is 41.1. The normalized spacial score (nSPS) is 13.5. The van der Waals surface area contributed by atoms with Gasteiger partial charge in [-0.2, -0.15) is 0 Å². The van der Waals surface area contributed by atoms with E-state index in [4.69, 9.17) is 21.8 Å². The first-order valence-corrected chi connectivity index (χ1v) is 19.3. The van der Waals surface area contributed by atoms with Gasteiger partial charge in [-0.15, -0.1) is 11.3 Å². The topological polar surface area (TPSA) is 41.9 Å². The first-order valence-electron chi connectivity index (χ1n) is 21.0. The van der Waals surface area contributed by atoms with E-state index in [1.54, 1.807) is 11.3 Å². The Morgan fingerprint density at radius 3 is 1.98 bits per heavy atom. The van der Waals surface area contributed by atoms with Crippen LogP contribution in [0.2, 0.25) is 0 Å². The van der Waals surface area contributed by atoms with Crippen LogP contribution in [0.25, 0.3) is 97.8 Å². The van der Waals surface area contributed by atoms with Crippen molar-refractivity contribution in [3.05, 3.63) is 182 Å². The van der Waals surface area contributed by atoms with Gasteiger partial charge in [0, 0.05) is 58.6 Å². The van der Waals surface area contributed by atoms with Crippen LogP contribution in [0.3, 0.4) is 0 Å². The third kappa shape index (κ3) is 4.68. The SMILES string of the molecule is [2H]c1c([2H])c([2H])c(-c2nc(-c3ccc4sc5ccccc5c4c3)nc(-c3ccc(N4c5c(ccc6ccccc56)-c5cccc6cccc4c56)c4ccccc34)n2)c([2H])c1[2H]. The summed E-state index contributed by atoms with van der Waals surface area (Å²) in [5, 5.41) is 8.66. The number of nitrogens with zero attached hydrogens (tertiary/aromatic N) is 4. The first-order chi connectivity index (χ1) is 29.8. The van der Waals surface area contributed by atoms with E-state index >= 15 is 0 Å². The number of fused-ring (bicyclic) bond motifs is 8. The van der Waals surface area contributed by atoms with Crippen LogP contribution in [0.15, 0.2) is 182 Å². The van der Waals surface area contributed by atoms with Gasteiger partial charge in [-0.25, -0.2) is 15.0 Å². The van der Waals surface area contributed by atoms with Gasteiger partial charge in [-0.3, -0.25) is 0 Å². The summed E-state index contributed by atoms with van der Waals surface area (Å²) in [7, 11) is 0. The van der Waals surface area contributed by atoms with Gasteiger partial charge in [-0.05, 0) is 64.2 Å². The van der Waals surface area contributed by atoms with Crippen molar-refractivity contribution in [1.29, 1.82) is 0 Å². The average Bonchev–Trinajstić information content (AvgIpc) is 3.68. The van der Waals surface area contributed by atoms with Crippen molar-refractivity contribution in [2.45, 2.75) is 0 Å². The summed E-state index contributed by atoms with van der Waals surface area (Å²) >= 11 is 1.71. The van der Waals surface area contributed by atoms with Crippen molar-refractivity contribution in [3.8, 4) is 45.3 Å². The maximum absolute atomic E-state index is 8.91. The third-order valence-corrected chi connectivity index (χ3v) is 12.1. The van der Waals surface area contributed by atoms with Crippen LogP contribution in [-0.2, 0) is 0 Å². The van der Waals surface area contributed by atoms with Crippen LogP contribution in [0, 0.1) is 0 Å². The minimum atomic E-state index is -0.477. The lowest BCUT2D eigenvalue weighted by molar-refractivity contribution is 1.08. The average molecular weight is 736 g/mol. The van der Waals surface area contributed by atoms with E-state index in [2.05, 4.69) is 120 Å². The first kappa shape index (κ1) is 26.5. The van der Waals surface area contributed by atoms with E-state index in [0.29, 0.717) is 17.2 Å².